The molecule has 2 heteroatoms. The van der Waals surface area contributed by atoms with Crippen LogP contribution in [0.2, 0.25) is 0 Å². The highest BCUT2D eigenvalue weighted by atomic mass is 15.1. The van der Waals surface area contributed by atoms with Gasteiger partial charge in [-0.2, -0.15) is 0 Å². The summed E-state index contributed by atoms with van der Waals surface area (Å²) in [6, 6.07) is 67.9. The fourth-order valence-corrected chi connectivity index (χ4v) is 9.79. The summed E-state index contributed by atoms with van der Waals surface area (Å²) in [5, 5.41) is 4.94. The smallest absolute Gasteiger partial charge is 0.0702 e. The lowest BCUT2D eigenvalue weighted by Crippen LogP contribution is -2.29. The minimum Gasteiger partial charge on any atom is -0.310 e. The van der Waals surface area contributed by atoms with Crippen molar-refractivity contribution in [3.8, 4) is 27.9 Å². The van der Waals surface area contributed by atoms with Crippen LogP contribution in [0.15, 0.2) is 248 Å². The SMILES string of the molecule is C=C(/C=C\C)C1(C(=C)/C=C(\C=C\C)N(c2ccc(-c3cccc4ccccc34)cc2)c2cccc(-n3c4ccccc4c4ccccc43)c2)c2ccccc2-c2ccccc21. The van der Waals surface area contributed by atoms with Gasteiger partial charge in [0, 0.05) is 33.5 Å². The average Bonchev–Trinajstić information content (AvgIpc) is 3.81. The second-order valence-corrected chi connectivity index (χ2v) is 15.8. The third-order valence-corrected chi connectivity index (χ3v) is 12.4. The summed E-state index contributed by atoms with van der Waals surface area (Å²) in [6.45, 7) is 13.9. The minimum absolute atomic E-state index is 0.679. The van der Waals surface area contributed by atoms with E-state index >= 15 is 0 Å². The van der Waals surface area contributed by atoms with E-state index in [0.717, 1.165) is 33.9 Å². The molecule has 1 heterocycles. The van der Waals surface area contributed by atoms with Gasteiger partial charge in [0.15, 0.2) is 0 Å². The van der Waals surface area contributed by atoms with Gasteiger partial charge in [0.25, 0.3) is 0 Å². The molecule has 1 aliphatic carbocycles. The maximum absolute atomic E-state index is 4.98. The maximum atomic E-state index is 4.98. The normalized spacial score (nSPS) is 13.3. The van der Waals surface area contributed by atoms with Gasteiger partial charge in [-0.1, -0.05) is 177 Å². The van der Waals surface area contributed by atoms with Crippen LogP contribution < -0.4 is 4.90 Å². The molecule has 10 rings (SSSR count). The molecule has 1 aliphatic rings. The largest absolute Gasteiger partial charge is 0.310 e. The minimum atomic E-state index is -0.679. The van der Waals surface area contributed by atoms with Crippen molar-refractivity contribution in [1.29, 1.82) is 0 Å². The fourth-order valence-electron chi connectivity index (χ4n) is 9.79. The van der Waals surface area contributed by atoms with Crippen LogP contribution >= 0.6 is 0 Å². The van der Waals surface area contributed by atoms with E-state index in [0.29, 0.717) is 0 Å². The Bertz CT molecular complexity index is 3150. The van der Waals surface area contributed by atoms with E-state index in [2.05, 4.69) is 242 Å². The lowest BCUT2D eigenvalue weighted by molar-refractivity contribution is 0.770. The number of fused-ring (bicyclic) bond motifs is 7. The Kier molecular flexibility index (Phi) is 9.54. The van der Waals surface area contributed by atoms with Gasteiger partial charge in [-0.05, 0) is 124 Å². The van der Waals surface area contributed by atoms with Crippen LogP contribution in [-0.4, -0.2) is 4.57 Å². The van der Waals surface area contributed by atoms with Crippen molar-refractivity contribution in [2.75, 3.05) is 4.90 Å². The third kappa shape index (κ3) is 6.10. The molecule has 0 radical (unpaired) electrons. The first kappa shape index (κ1) is 37.6. The summed E-state index contributed by atoms with van der Waals surface area (Å²) in [4.78, 5) is 2.37. The van der Waals surface area contributed by atoms with Crippen molar-refractivity contribution < 1.29 is 0 Å². The molecule has 0 saturated heterocycles. The van der Waals surface area contributed by atoms with E-state index in [1.54, 1.807) is 0 Å². The molecule has 0 unspecified atom stereocenters. The molecule has 9 aromatic rings. The Morgan fingerprint density at radius 1 is 0.492 bits per heavy atom. The molecule has 0 amide bonds. The lowest BCUT2D eigenvalue weighted by atomic mass is 9.67. The van der Waals surface area contributed by atoms with Gasteiger partial charge < -0.3 is 9.47 Å². The molecule has 292 valence electrons. The molecule has 0 N–H and O–H groups in total. The highest BCUT2D eigenvalue weighted by Gasteiger charge is 2.46. The van der Waals surface area contributed by atoms with E-state index in [9.17, 15) is 0 Å². The van der Waals surface area contributed by atoms with Gasteiger partial charge in [-0.25, -0.2) is 0 Å². The van der Waals surface area contributed by atoms with Gasteiger partial charge in [-0.15, -0.1) is 0 Å². The summed E-state index contributed by atoms with van der Waals surface area (Å²) in [5.74, 6) is 0. The van der Waals surface area contributed by atoms with Gasteiger partial charge in [0.1, 0.15) is 0 Å². The quantitative estimate of drug-likeness (QED) is 0.125. The highest BCUT2D eigenvalue weighted by molar-refractivity contribution is 6.09. The second kappa shape index (κ2) is 15.5. The third-order valence-electron chi connectivity index (χ3n) is 12.4. The molecule has 8 aromatic carbocycles. The Morgan fingerprint density at radius 3 is 1.69 bits per heavy atom. The van der Waals surface area contributed by atoms with Crippen molar-refractivity contribution in [2.24, 2.45) is 0 Å². The standard InChI is InChI=1S/C59H46N2/c1-5-19-41(3)59(55-31-13-9-26-51(55)52-27-10-14-32-56(52)59)42(4)39-46(20-6-2)60(45-37-35-44(36-38-45)50-30-17-22-43-21-7-8-25-49(43)50)47-23-18-24-48(40-47)61-57-33-15-11-28-53(57)54-29-12-16-34-58(54)61/h5-40H,3-4H2,1-2H3/b19-5-,20-6+,46-39+. The van der Waals surface area contributed by atoms with Crippen molar-refractivity contribution in [1.82, 2.24) is 4.57 Å². The number of aromatic nitrogens is 1. The number of benzene rings is 8. The second-order valence-electron chi connectivity index (χ2n) is 15.8. The summed E-state index contributed by atoms with van der Waals surface area (Å²) in [5.41, 5.74) is 14.9. The predicted octanol–water partition coefficient (Wildman–Crippen LogP) is 15.9. The number of hydrogen-bond acceptors (Lipinski definition) is 1. The van der Waals surface area contributed by atoms with Crippen molar-refractivity contribution >= 4 is 44.0 Å². The lowest BCUT2D eigenvalue weighted by Gasteiger charge is -2.35. The molecule has 0 spiro atoms. The van der Waals surface area contributed by atoms with Crippen LogP contribution in [0.25, 0.3) is 60.5 Å². The van der Waals surface area contributed by atoms with Crippen LogP contribution in [0, 0.1) is 0 Å². The first-order chi connectivity index (χ1) is 30.0. The zero-order valence-electron chi connectivity index (χ0n) is 34.6. The Balaban J connectivity index is 1.19. The number of para-hydroxylation sites is 2. The molecule has 0 atom stereocenters. The van der Waals surface area contributed by atoms with Crippen molar-refractivity contribution in [3.05, 3.63) is 260 Å². The molecule has 0 aliphatic heterocycles. The molecular weight excluding hydrogens is 737 g/mol. The topological polar surface area (TPSA) is 8.17 Å². The van der Waals surface area contributed by atoms with Crippen LogP contribution in [0.4, 0.5) is 11.4 Å². The number of allylic oxidation sites excluding steroid dienone is 7. The number of hydrogen-bond donors (Lipinski definition) is 0. The zero-order valence-corrected chi connectivity index (χ0v) is 34.6. The first-order valence-corrected chi connectivity index (χ1v) is 21.0. The van der Waals surface area contributed by atoms with Gasteiger partial charge in [0.2, 0.25) is 0 Å². The van der Waals surface area contributed by atoms with Gasteiger partial charge >= 0.3 is 0 Å². The van der Waals surface area contributed by atoms with E-state index in [1.165, 1.54) is 66.0 Å². The molecule has 2 nitrogen and oxygen atoms in total. The van der Waals surface area contributed by atoms with Gasteiger partial charge in [0.05, 0.1) is 16.4 Å². The number of anilines is 2. The molecule has 1 aromatic heterocycles. The van der Waals surface area contributed by atoms with E-state index in [-0.39, 0.29) is 0 Å². The molecule has 61 heavy (non-hydrogen) atoms. The van der Waals surface area contributed by atoms with Crippen LogP contribution in [0.1, 0.15) is 25.0 Å². The fraction of sp³-hybridized carbons (Fsp3) is 0.0508. The average molecular weight is 783 g/mol. The molecule has 0 bridgehead atoms. The highest BCUT2D eigenvalue weighted by Crippen LogP contribution is 2.56. The van der Waals surface area contributed by atoms with E-state index in [4.69, 9.17) is 13.2 Å². The summed E-state index contributed by atoms with van der Waals surface area (Å²) in [6.07, 6.45) is 10.8. The van der Waals surface area contributed by atoms with Crippen molar-refractivity contribution in [3.63, 3.8) is 0 Å². The molecular formula is C59H46N2. The van der Waals surface area contributed by atoms with Crippen molar-refractivity contribution in [2.45, 2.75) is 19.3 Å². The zero-order chi connectivity index (χ0) is 41.5. The summed E-state index contributed by atoms with van der Waals surface area (Å²) < 4.78 is 2.39. The summed E-state index contributed by atoms with van der Waals surface area (Å²) >= 11 is 0. The monoisotopic (exact) mass is 782 g/mol. The Labute approximate surface area is 358 Å². The Morgan fingerprint density at radius 2 is 1.03 bits per heavy atom. The number of nitrogens with zero attached hydrogens (tertiary/aromatic N) is 2. The van der Waals surface area contributed by atoms with E-state index in [1.807, 2.05) is 0 Å². The number of rotatable bonds is 10. The molecule has 0 saturated carbocycles. The summed E-state index contributed by atoms with van der Waals surface area (Å²) in [7, 11) is 0. The molecule has 0 fully saturated rings. The predicted molar refractivity (Wildman–Crippen MR) is 261 cm³/mol. The van der Waals surface area contributed by atoms with Crippen LogP contribution in [-0.2, 0) is 5.41 Å². The van der Waals surface area contributed by atoms with Gasteiger partial charge in [-0.3, -0.25) is 0 Å². The first-order valence-electron chi connectivity index (χ1n) is 21.0. The maximum Gasteiger partial charge on any atom is 0.0702 e. The Hall–Kier alpha value is -7.68. The van der Waals surface area contributed by atoms with Crippen LogP contribution in [0.5, 0.6) is 0 Å². The van der Waals surface area contributed by atoms with E-state index < -0.39 is 5.41 Å². The van der Waals surface area contributed by atoms with Crippen LogP contribution in [0.3, 0.4) is 0 Å².